The van der Waals surface area contributed by atoms with Crippen molar-refractivity contribution in [2.75, 3.05) is 6.54 Å². The lowest BCUT2D eigenvalue weighted by molar-refractivity contribution is -0.129. The van der Waals surface area contributed by atoms with E-state index in [1.165, 1.54) is 0 Å². The Bertz CT molecular complexity index is 496. The first kappa shape index (κ1) is 22.7. The summed E-state index contributed by atoms with van der Waals surface area (Å²) < 4.78 is 0. The van der Waals surface area contributed by atoms with E-state index in [4.69, 9.17) is 5.21 Å². The van der Waals surface area contributed by atoms with Crippen LogP contribution in [0.2, 0.25) is 0 Å². The van der Waals surface area contributed by atoms with Crippen LogP contribution in [0.5, 0.6) is 0 Å². The molecule has 0 atom stereocenters. The van der Waals surface area contributed by atoms with Crippen LogP contribution in [0.3, 0.4) is 0 Å². The molecule has 0 aromatic carbocycles. The number of rotatable bonds is 14. The summed E-state index contributed by atoms with van der Waals surface area (Å²) in [5.74, 6) is -0.382. The van der Waals surface area contributed by atoms with Crippen LogP contribution in [0.1, 0.15) is 51.9 Å². The highest BCUT2D eigenvalue weighted by molar-refractivity contribution is 5.76. The van der Waals surface area contributed by atoms with Crippen molar-refractivity contribution < 1.29 is 14.8 Å². The highest BCUT2D eigenvalue weighted by Crippen LogP contribution is 2.07. The summed E-state index contributed by atoms with van der Waals surface area (Å²) in [4.78, 5) is 22.6. The SMILES string of the molecule is C=CC/C(=C\NC(=C)/C=C\C)CCNC(=O)CCCCCC(=O)NO. The maximum absolute atomic E-state index is 11.8. The van der Waals surface area contributed by atoms with Gasteiger partial charge < -0.3 is 10.6 Å². The van der Waals surface area contributed by atoms with Crippen molar-refractivity contribution in [1.29, 1.82) is 0 Å². The predicted molar refractivity (Wildman–Crippen MR) is 101 cm³/mol. The van der Waals surface area contributed by atoms with Crippen molar-refractivity contribution in [3.63, 3.8) is 0 Å². The third-order valence-electron chi connectivity index (χ3n) is 3.44. The summed E-state index contributed by atoms with van der Waals surface area (Å²) in [6.07, 6.45) is 11.9. The molecule has 0 aliphatic rings. The zero-order chi connectivity index (χ0) is 18.9. The van der Waals surface area contributed by atoms with Gasteiger partial charge in [0.05, 0.1) is 0 Å². The second-order valence-electron chi connectivity index (χ2n) is 5.66. The molecule has 0 aliphatic carbocycles. The molecular weight excluding hydrogens is 318 g/mol. The minimum absolute atomic E-state index is 0.0100. The lowest BCUT2D eigenvalue weighted by atomic mass is 10.1. The van der Waals surface area contributed by atoms with Gasteiger partial charge in [0, 0.05) is 31.3 Å². The van der Waals surface area contributed by atoms with Gasteiger partial charge in [-0.05, 0) is 44.3 Å². The van der Waals surface area contributed by atoms with Crippen LogP contribution in [0.15, 0.2) is 48.9 Å². The highest BCUT2D eigenvalue weighted by atomic mass is 16.5. The Morgan fingerprint density at radius 1 is 1.08 bits per heavy atom. The minimum atomic E-state index is -0.392. The summed E-state index contributed by atoms with van der Waals surface area (Å²) in [7, 11) is 0. The molecule has 140 valence electrons. The van der Waals surface area contributed by atoms with Gasteiger partial charge in [0.15, 0.2) is 0 Å². The van der Waals surface area contributed by atoms with E-state index in [0.717, 1.165) is 37.0 Å². The van der Waals surface area contributed by atoms with E-state index in [9.17, 15) is 9.59 Å². The predicted octanol–water partition coefficient (Wildman–Crippen LogP) is 3.09. The molecule has 25 heavy (non-hydrogen) atoms. The molecule has 0 heterocycles. The van der Waals surface area contributed by atoms with Crippen LogP contribution in [0.4, 0.5) is 0 Å². The summed E-state index contributed by atoms with van der Waals surface area (Å²) >= 11 is 0. The lowest BCUT2D eigenvalue weighted by Crippen LogP contribution is -2.24. The van der Waals surface area contributed by atoms with E-state index in [-0.39, 0.29) is 12.3 Å². The van der Waals surface area contributed by atoms with E-state index in [2.05, 4.69) is 23.8 Å². The van der Waals surface area contributed by atoms with E-state index >= 15 is 0 Å². The van der Waals surface area contributed by atoms with Gasteiger partial charge in [-0.25, -0.2) is 5.48 Å². The fourth-order valence-corrected chi connectivity index (χ4v) is 2.12. The van der Waals surface area contributed by atoms with Gasteiger partial charge in [0.1, 0.15) is 0 Å². The molecular formula is C19H31N3O3. The molecule has 0 bridgehead atoms. The van der Waals surface area contributed by atoms with Gasteiger partial charge in [0.2, 0.25) is 11.8 Å². The lowest BCUT2D eigenvalue weighted by Gasteiger charge is -2.09. The van der Waals surface area contributed by atoms with Crippen LogP contribution < -0.4 is 16.1 Å². The molecule has 6 heteroatoms. The van der Waals surface area contributed by atoms with Crippen molar-refractivity contribution in [2.45, 2.75) is 51.9 Å². The first-order valence-electron chi connectivity index (χ1n) is 8.60. The molecule has 0 aromatic heterocycles. The van der Waals surface area contributed by atoms with Crippen molar-refractivity contribution in [3.05, 3.63) is 48.9 Å². The Hall–Kier alpha value is -2.34. The quantitative estimate of drug-likeness (QED) is 0.128. The van der Waals surface area contributed by atoms with Crippen LogP contribution in [-0.2, 0) is 9.59 Å². The van der Waals surface area contributed by atoms with E-state index in [1.807, 2.05) is 31.4 Å². The largest absolute Gasteiger partial charge is 0.362 e. The van der Waals surface area contributed by atoms with E-state index < -0.39 is 5.91 Å². The normalized spacial score (nSPS) is 11.2. The Morgan fingerprint density at radius 3 is 2.36 bits per heavy atom. The van der Waals surface area contributed by atoms with Crippen molar-refractivity contribution in [3.8, 4) is 0 Å². The number of carbonyl (C=O) groups is 2. The average molecular weight is 349 g/mol. The molecule has 0 rings (SSSR count). The molecule has 0 fully saturated rings. The van der Waals surface area contributed by atoms with Gasteiger partial charge in [-0.1, -0.05) is 25.2 Å². The Kier molecular flexibility index (Phi) is 13.8. The fourth-order valence-electron chi connectivity index (χ4n) is 2.12. The number of carbonyl (C=O) groups excluding carboxylic acids is 2. The molecule has 4 N–H and O–H groups in total. The molecule has 0 saturated carbocycles. The maximum atomic E-state index is 11.8. The van der Waals surface area contributed by atoms with Crippen LogP contribution in [0.25, 0.3) is 0 Å². The smallest absolute Gasteiger partial charge is 0.243 e. The number of allylic oxidation sites excluding steroid dienone is 3. The number of hydroxylamine groups is 1. The Morgan fingerprint density at radius 2 is 1.76 bits per heavy atom. The minimum Gasteiger partial charge on any atom is -0.362 e. The standard InChI is InChI=1S/C19H31N3O3/c1-4-9-16(3)21-15-17(10-5-2)13-14-20-18(23)11-7-6-8-12-19(24)22-25/h4-5,9,15,21,25H,2-3,6-8,10-14H2,1H3,(H,20,23)(H,22,24)/b9-4-,17-15+. The second-order valence-corrected chi connectivity index (χ2v) is 5.66. The third-order valence-corrected chi connectivity index (χ3v) is 3.44. The number of amides is 2. The first-order chi connectivity index (χ1) is 12.0. The molecule has 0 aliphatic heterocycles. The number of hydrogen-bond acceptors (Lipinski definition) is 4. The van der Waals surface area contributed by atoms with Crippen LogP contribution in [-0.4, -0.2) is 23.6 Å². The fraction of sp³-hybridized carbons (Fsp3) is 0.474. The van der Waals surface area contributed by atoms with Crippen LogP contribution >= 0.6 is 0 Å². The number of hydrogen-bond donors (Lipinski definition) is 4. The average Bonchev–Trinajstić information content (AvgIpc) is 2.59. The molecule has 0 saturated heterocycles. The molecule has 0 aromatic rings. The van der Waals surface area contributed by atoms with Gasteiger partial charge >= 0.3 is 0 Å². The Balaban J connectivity index is 3.97. The zero-order valence-corrected chi connectivity index (χ0v) is 15.1. The summed E-state index contributed by atoms with van der Waals surface area (Å²) in [6, 6.07) is 0. The molecule has 2 amide bonds. The van der Waals surface area contributed by atoms with E-state index in [0.29, 0.717) is 19.4 Å². The maximum Gasteiger partial charge on any atom is 0.243 e. The van der Waals surface area contributed by atoms with Crippen molar-refractivity contribution in [2.24, 2.45) is 0 Å². The second kappa shape index (κ2) is 15.2. The monoisotopic (exact) mass is 349 g/mol. The molecule has 6 nitrogen and oxygen atoms in total. The van der Waals surface area contributed by atoms with Gasteiger partial charge in [-0.3, -0.25) is 14.8 Å². The zero-order valence-electron chi connectivity index (χ0n) is 15.1. The molecule has 0 unspecified atom stereocenters. The van der Waals surface area contributed by atoms with Gasteiger partial charge in [0.25, 0.3) is 0 Å². The van der Waals surface area contributed by atoms with Crippen molar-refractivity contribution in [1.82, 2.24) is 16.1 Å². The highest BCUT2D eigenvalue weighted by Gasteiger charge is 2.03. The number of unbranched alkanes of at least 4 members (excludes halogenated alkanes) is 2. The molecule has 0 radical (unpaired) electrons. The summed E-state index contributed by atoms with van der Waals surface area (Å²) in [5.41, 5.74) is 3.54. The van der Waals surface area contributed by atoms with E-state index in [1.54, 1.807) is 5.48 Å². The van der Waals surface area contributed by atoms with Gasteiger partial charge in [-0.15, -0.1) is 6.58 Å². The van der Waals surface area contributed by atoms with Crippen LogP contribution in [0, 0.1) is 0 Å². The molecule has 0 spiro atoms. The summed E-state index contributed by atoms with van der Waals surface area (Å²) in [5, 5.41) is 14.4. The van der Waals surface area contributed by atoms with Crippen molar-refractivity contribution >= 4 is 11.8 Å². The summed E-state index contributed by atoms with van der Waals surface area (Å²) in [6.45, 7) is 10.1. The Labute approximate surface area is 150 Å². The first-order valence-corrected chi connectivity index (χ1v) is 8.60. The number of nitrogens with one attached hydrogen (secondary N) is 3. The third kappa shape index (κ3) is 13.8. The topological polar surface area (TPSA) is 90.5 Å². The van der Waals surface area contributed by atoms with Gasteiger partial charge in [-0.2, -0.15) is 0 Å².